The molecule has 0 radical (unpaired) electrons. The van der Waals surface area contributed by atoms with Gasteiger partial charge in [0.05, 0.1) is 23.5 Å². The molecule has 0 saturated heterocycles. The summed E-state index contributed by atoms with van der Waals surface area (Å²) in [5, 5.41) is 0. The van der Waals surface area contributed by atoms with Crippen molar-refractivity contribution in [3.63, 3.8) is 0 Å². The van der Waals surface area contributed by atoms with Crippen LogP contribution in [0.1, 0.15) is 25.8 Å². The van der Waals surface area contributed by atoms with E-state index >= 15 is 0 Å². The van der Waals surface area contributed by atoms with Gasteiger partial charge in [0, 0.05) is 6.07 Å². The highest BCUT2D eigenvalue weighted by Crippen LogP contribution is 2.34. The predicted molar refractivity (Wildman–Crippen MR) is 122 cm³/mol. The number of hydrogen-bond acceptors (Lipinski definition) is 5. The summed E-state index contributed by atoms with van der Waals surface area (Å²) in [6.07, 6.45) is -2.13. The molecule has 182 valence electrons. The second kappa shape index (κ2) is 10.9. The molecule has 0 saturated carbocycles. The van der Waals surface area contributed by atoms with Crippen LogP contribution in [-0.4, -0.2) is 28.1 Å². The van der Waals surface area contributed by atoms with E-state index in [-0.39, 0.29) is 11.3 Å². The monoisotopic (exact) mass is 494 g/mol. The van der Waals surface area contributed by atoms with Crippen molar-refractivity contribution in [2.45, 2.75) is 37.0 Å². The zero-order valence-corrected chi connectivity index (χ0v) is 19.5. The Balaban J connectivity index is 1.80. The van der Waals surface area contributed by atoms with Crippen LogP contribution in [-0.2, 0) is 19.7 Å². The molecule has 3 aromatic carbocycles. The summed E-state index contributed by atoms with van der Waals surface area (Å²) < 4.78 is 83.7. The van der Waals surface area contributed by atoms with Gasteiger partial charge in [0.15, 0.2) is 11.6 Å². The van der Waals surface area contributed by atoms with E-state index in [2.05, 4.69) is 0 Å². The molecule has 0 aliphatic heterocycles. The van der Waals surface area contributed by atoms with Gasteiger partial charge in [0.1, 0.15) is 11.5 Å². The molecule has 0 fully saturated rings. The maximum Gasteiger partial charge on any atom is 0.297 e. The highest BCUT2D eigenvalue weighted by Gasteiger charge is 2.39. The third-order valence-corrected chi connectivity index (χ3v) is 6.40. The van der Waals surface area contributed by atoms with Gasteiger partial charge in [-0.15, -0.1) is 0 Å². The lowest BCUT2D eigenvalue weighted by atomic mass is 9.84. The normalized spacial score (nSPS) is 13.5. The molecular formula is C25H25F3O5S. The molecule has 1 atom stereocenters. The topological polar surface area (TPSA) is 61.8 Å². The van der Waals surface area contributed by atoms with Crippen molar-refractivity contribution in [2.75, 3.05) is 13.2 Å². The van der Waals surface area contributed by atoms with Crippen molar-refractivity contribution >= 4 is 10.1 Å². The third-order valence-electron chi connectivity index (χ3n) is 5.14. The second-order valence-corrected chi connectivity index (χ2v) is 9.43. The van der Waals surface area contributed by atoms with E-state index in [0.717, 1.165) is 24.6 Å². The standard InChI is InChI=1S/C25H25F3O5S/c1-3-15-31-19-11-9-18(10-12-19)25(2,24(27)28)17-32-34(29,30)21-13-14-22(26)23(16-21)33-20-7-5-4-6-8-20/h4-14,16,24H,3,15,17H2,1-2H3. The highest BCUT2D eigenvalue weighted by atomic mass is 32.2. The van der Waals surface area contributed by atoms with Crippen LogP contribution >= 0.6 is 0 Å². The van der Waals surface area contributed by atoms with E-state index in [1.807, 2.05) is 6.92 Å². The van der Waals surface area contributed by atoms with Gasteiger partial charge in [-0.1, -0.05) is 37.3 Å². The third kappa shape index (κ3) is 6.09. The Hall–Kier alpha value is -3.04. The first-order valence-corrected chi connectivity index (χ1v) is 12.0. The van der Waals surface area contributed by atoms with Crippen LogP contribution in [0.4, 0.5) is 13.2 Å². The Morgan fingerprint density at radius 3 is 2.24 bits per heavy atom. The lowest BCUT2D eigenvalue weighted by Crippen LogP contribution is -2.37. The SMILES string of the molecule is CCCOc1ccc(C(C)(COS(=O)(=O)c2ccc(F)c(Oc3ccccc3)c2)C(F)F)cc1. The van der Waals surface area contributed by atoms with E-state index in [4.69, 9.17) is 13.7 Å². The van der Waals surface area contributed by atoms with Crippen LogP contribution in [0.25, 0.3) is 0 Å². The fourth-order valence-corrected chi connectivity index (χ4v) is 4.05. The van der Waals surface area contributed by atoms with Gasteiger partial charge in [0.25, 0.3) is 10.1 Å². The Morgan fingerprint density at radius 1 is 0.941 bits per heavy atom. The molecule has 0 heterocycles. The van der Waals surface area contributed by atoms with Crippen molar-refractivity contribution in [3.8, 4) is 17.2 Å². The smallest absolute Gasteiger partial charge is 0.297 e. The predicted octanol–water partition coefficient (Wildman–Crippen LogP) is 6.34. The molecule has 0 amide bonds. The molecule has 0 aliphatic rings. The molecule has 0 spiro atoms. The van der Waals surface area contributed by atoms with Gasteiger partial charge in [0.2, 0.25) is 6.43 Å². The van der Waals surface area contributed by atoms with Gasteiger partial charge in [-0.2, -0.15) is 8.42 Å². The zero-order valence-electron chi connectivity index (χ0n) is 18.7. The van der Waals surface area contributed by atoms with Crippen LogP contribution < -0.4 is 9.47 Å². The van der Waals surface area contributed by atoms with Crippen molar-refractivity contribution < 1.29 is 35.2 Å². The van der Waals surface area contributed by atoms with Crippen LogP contribution in [0.3, 0.4) is 0 Å². The van der Waals surface area contributed by atoms with Gasteiger partial charge in [-0.3, -0.25) is 4.18 Å². The largest absolute Gasteiger partial charge is 0.494 e. The molecule has 0 aromatic heterocycles. The summed E-state index contributed by atoms with van der Waals surface area (Å²) in [6, 6.07) is 17.1. The molecule has 1 unspecified atom stereocenters. The lowest BCUT2D eigenvalue weighted by Gasteiger charge is -2.29. The fraction of sp³-hybridized carbons (Fsp3) is 0.280. The molecule has 3 rings (SSSR count). The highest BCUT2D eigenvalue weighted by molar-refractivity contribution is 7.86. The van der Waals surface area contributed by atoms with E-state index in [1.165, 1.54) is 19.1 Å². The number of alkyl halides is 2. The molecule has 9 heteroatoms. The lowest BCUT2D eigenvalue weighted by molar-refractivity contribution is 0.0310. The average Bonchev–Trinajstić information content (AvgIpc) is 2.83. The van der Waals surface area contributed by atoms with E-state index < -0.39 is 39.3 Å². The summed E-state index contributed by atoms with van der Waals surface area (Å²) in [5.74, 6) is -0.303. The summed E-state index contributed by atoms with van der Waals surface area (Å²) in [4.78, 5) is -0.417. The van der Waals surface area contributed by atoms with Gasteiger partial charge < -0.3 is 9.47 Å². The Morgan fingerprint density at radius 2 is 1.62 bits per heavy atom. The van der Waals surface area contributed by atoms with E-state index in [9.17, 15) is 21.6 Å². The number of benzene rings is 3. The quantitative estimate of drug-likeness (QED) is 0.291. The van der Waals surface area contributed by atoms with Gasteiger partial charge in [-0.25, -0.2) is 13.2 Å². The summed E-state index contributed by atoms with van der Waals surface area (Å²) in [6.45, 7) is 2.82. The average molecular weight is 495 g/mol. The fourth-order valence-electron chi connectivity index (χ4n) is 3.03. The molecule has 0 bridgehead atoms. The minimum atomic E-state index is -4.49. The van der Waals surface area contributed by atoms with Crippen molar-refractivity contribution in [2.24, 2.45) is 0 Å². The van der Waals surface area contributed by atoms with E-state index in [1.54, 1.807) is 42.5 Å². The van der Waals surface area contributed by atoms with E-state index in [0.29, 0.717) is 18.1 Å². The van der Waals surface area contributed by atoms with Crippen molar-refractivity contribution in [1.29, 1.82) is 0 Å². The first-order chi connectivity index (χ1) is 16.2. The molecular weight excluding hydrogens is 469 g/mol. The minimum Gasteiger partial charge on any atom is -0.494 e. The van der Waals surface area contributed by atoms with Crippen LogP contribution in [0.2, 0.25) is 0 Å². The maximum atomic E-state index is 14.2. The summed E-state index contributed by atoms with van der Waals surface area (Å²) >= 11 is 0. The maximum absolute atomic E-state index is 14.2. The molecule has 5 nitrogen and oxygen atoms in total. The Labute approximate surface area is 197 Å². The number of halogens is 3. The Kier molecular flexibility index (Phi) is 8.22. The van der Waals surface area contributed by atoms with Crippen molar-refractivity contribution in [1.82, 2.24) is 0 Å². The van der Waals surface area contributed by atoms with Crippen molar-refractivity contribution in [3.05, 3.63) is 84.2 Å². The molecule has 3 aromatic rings. The number of ether oxygens (including phenoxy) is 2. The first kappa shape index (κ1) is 25.6. The first-order valence-electron chi connectivity index (χ1n) is 10.6. The van der Waals surface area contributed by atoms with Crippen LogP contribution in [0, 0.1) is 5.82 Å². The van der Waals surface area contributed by atoms with Gasteiger partial charge in [-0.05, 0) is 55.3 Å². The van der Waals surface area contributed by atoms with Crippen LogP contribution in [0.5, 0.6) is 17.2 Å². The summed E-state index contributed by atoms with van der Waals surface area (Å²) in [7, 11) is -4.49. The number of rotatable bonds is 11. The van der Waals surface area contributed by atoms with Gasteiger partial charge >= 0.3 is 0 Å². The molecule has 34 heavy (non-hydrogen) atoms. The molecule has 0 N–H and O–H groups in total. The summed E-state index contributed by atoms with van der Waals surface area (Å²) in [5.41, 5.74) is -1.73. The number of hydrogen-bond donors (Lipinski definition) is 0. The zero-order chi connectivity index (χ0) is 24.8. The number of para-hydroxylation sites is 1. The minimum absolute atomic E-state index is 0.189. The van der Waals surface area contributed by atoms with Crippen LogP contribution in [0.15, 0.2) is 77.7 Å². The molecule has 0 aliphatic carbocycles. The second-order valence-electron chi connectivity index (χ2n) is 7.81. The Bertz CT molecular complexity index is 1180.